The van der Waals surface area contributed by atoms with E-state index < -0.39 is 12.5 Å². The molecule has 0 aliphatic heterocycles. The zero-order valence-corrected chi connectivity index (χ0v) is 7.92. The van der Waals surface area contributed by atoms with Crippen LogP contribution in [0, 0.1) is 0 Å². The fraction of sp³-hybridized carbons (Fsp3) is 0.125. The SMILES string of the molecule is NC(=O)N(S)c1cccc(C(F)F)c1. The van der Waals surface area contributed by atoms with Crippen LogP contribution in [-0.4, -0.2) is 6.03 Å². The molecule has 0 saturated carbocycles. The van der Waals surface area contributed by atoms with E-state index in [-0.39, 0.29) is 11.3 Å². The van der Waals surface area contributed by atoms with Gasteiger partial charge in [-0.15, -0.1) is 0 Å². The van der Waals surface area contributed by atoms with Gasteiger partial charge in [0.2, 0.25) is 0 Å². The van der Waals surface area contributed by atoms with Crippen molar-refractivity contribution < 1.29 is 13.6 Å². The van der Waals surface area contributed by atoms with Crippen molar-refractivity contribution in [1.29, 1.82) is 0 Å². The molecule has 6 heteroatoms. The number of nitrogens with zero attached hydrogens (tertiary/aromatic N) is 1. The summed E-state index contributed by atoms with van der Waals surface area (Å²) in [7, 11) is 0. The van der Waals surface area contributed by atoms with E-state index in [0.717, 1.165) is 10.4 Å². The summed E-state index contributed by atoms with van der Waals surface area (Å²) >= 11 is 3.74. The average Bonchev–Trinajstić information content (AvgIpc) is 2.16. The molecule has 2 N–H and O–H groups in total. The second-order valence-corrected chi connectivity index (χ2v) is 2.95. The molecule has 0 saturated heterocycles. The number of benzene rings is 1. The zero-order chi connectivity index (χ0) is 10.7. The lowest BCUT2D eigenvalue weighted by Crippen LogP contribution is -2.27. The summed E-state index contributed by atoms with van der Waals surface area (Å²) in [5.74, 6) is 0. The molecule has 0 aliphatic carbocycles. The summed E-state index contributed by atoms with van der Waals surface area (Å²) in [4.78, 5) is 10.7. The molecule has 0 unspecified atom stereocenters. The van der Waals surface area contributed by atoms with Crippen molar-refractivity contribution in [3.8, 4) is 0 Å². The van der Waals surface area contributed by atoms with Crippen LogP contribution in [0.3, 0.4) is 0 Å². The van der Waals surface area contributed by atoms with Crippen molar-refractivity contribution in [2.45, 2.75) is 6.43 Å². The maximum Gasteiger partial charge on any atom is 0.329 e. The van der Waals surface area contributed by atoms with Crippen LogP contribution in [0.15, 0.2) is 24.3 Å². The highest BCUT2D eigenvalue weighted by molar-refractivity contribution is 7.82. The Morgan fingerprint density at radius 2 is 2.14 bits per heavy atom. The summed E-state index contributed by atoms with van der Waals surface area (Å²) in [6.07, 6.45) is -2.58. The topological polar surface area (TPSA) is 46.3 Å². The average molecular weight is 218 g/mol. The van der Waals surface area contributed by atoms with Crippen molar-refractivity contribution in [3.63, 3.8) is 0 Å². The maximum absolute atomic E-state index is 12.3. The Kier molecular flexibility index (Phi) is 3.29. The van der Waals surface area contributed by atoms with Crippen molar-refractivity contribution in [3.05, 3.63) is 29.8 Å². The second-order valence-electron chi connectivity index (χ2n) is 2.55. The Bertz CT molecular complexity index is 346. The van der Waals surface area contributed by atoms with Crippen LogP contribution in [0.5, 0.6) is 0 Å². The number of carbonyl (C=O) groups is 1. The van der Waals surface area contributed by atoms with E-state index in [9.17, 15) is 13.6 Å². The Hall–Kier alpha value is -1.30. The molecule has 3 nitrogen and oxygen atoms in total. The number of thiol groups is 1. The number of hydrogen-bond donors (Lipinski definition) is 2. The molecule has 0 radical (unpaired) electrons. The van der Waals surface area contributed by atoms with E-state index in [1.165, 1.54) is 18.2 Å². The summed E-state index contributed by atoms with van der Waals surface area (Å²) in [5, 5.41) is 0. The molecule has 76 valence electrons. The number of urea groups is 1. The third kappa shape index (κ3) is 2.35. The van der Waals surface area contributed by atoms with Crippen LogP contribution in [0.25, 0.3) is 0 Å². The molecular formula is C8H8F2N2OS. The van der Waals surface area contributed by atoms with Crippen LogP contribution >= 0.6 is 12.8 Å². The van der Waals surface area contributed by atoms with Crippen LogP contribution in [0.4, 0.5) is 19.3 Å². The Labute approximate surface area is 85.0 Å². The summed E-state index contributed by atoms with van der Waals surface area (Å²) in [5.41, 5.74) is 4.96. The van der Waals surface area contributed by atoms with Gasteiger partial charge < -0.3 is 5.73 Å². The van der Waals surface area contributed by atoms with Crippen LogP contribution in [0.1, 0.15) is 12.0 Å². The minimum atomic E-state index is -2.58. The first kappa shape index (κ1) is 10.8. The fourth-order valence-electron chi connectivity index (χ4n) is 0.920. The van der Waals surface area contributed by atoms with E-state index in [2.05, 4.69) is 12.8 Å². The highest BCUT2D eigenvalue weighted by Gasteiger charge is 2.11. The van der Waals surface area contributed by atoms with Gasteiger partial charge in [0.1, 0.15) is 0 Å². The summed E-state index contributed by atoms with van der Waals surface area (Å²) in [6, 6.07) is 4.46. The van der Waals surface area contributed by atoms with Crippen LogP contribution in [0.2, 0.25) is 0 Å². The van der Waals surface area contributed by atoms with E-state index in [0.29, 0.717) is 0 Å². The van der Waals surface area contributed by atoms with E-state index >= 15 is 0 Å². The Morgan fingerprint density at radius 3 is 2.64 bits per heavy atom. The first-order chi connectivity index (χ1) is 6.52. The first-order valence-electron chi connectivity index (χ1n) is 3.69. The molecule has 0 fully saturated rings. The quantitative estimate of drug-likeness (QED) is 0.735. The van der Waals surface area contributed by atoms with Gasteiger partial charge in [0.15, 0.2) is 0 Å². The van der Waals surface area contributed by atoms with Crippen molar-refractivity contribution in [2.75, 3.05) is 4.31 Å². The number of primary amides is 1. The van der Waals surface area contributed by atoms with Crippen LogP contribution in [-0.2, 0) is 0 Å². The predicted molar refractivity (Wildman–Crippen MR) is 52.4 cm³/mol. The number of nitrogens with two attached hydrogens (primary N) is 1. The number of alkyl halides is 2. The largest absolute Gasteiger partial charge is 0.350 e. The molecule has 0 bridgehead atoms. The fourth-order valence-corrected chi connectivity index (χ4v) is 1.04. The highest BCUT2D eigenvalue weighted by Crippen LogP contribution is 2.24. The van der Waals surface area contributed by atoms with Gasteiger partial charge >= 0.3 is 6.03 Å². The summed E-state index contributed by atoms with van der Waals surface area (Å²) < 4.78 is 25.3. The standard InChI is InChI=1S/C8H8F2N2OS/c9-7(10)5-2-1-3-6(4-5)12(14)8(11)13/h1-4,7,14H,(H2,11,13). The molecule has 0 heterocycles. The molecule has 0 aromatic heterocycles. The second kappa shape index (κ2) is 4.28. The Balaban J connectivity index is 2.99. The number of rotatable bonds is 2. The zero-order valence-electron chi connectivity index (χ0n) is 7.02. The van der Waals surface area contributed by atoms with Crippen LogP contribution < -0.4 is 10.0 Å². The molecule has 0 atom stereocenters. The predicted octanol–water partition coefficient (Wildman–Crippen LogP) is 2.35. The normalized spacial score (nSPS) is 10.3. The lowest BCUT2D eigenvalue weighted by atomic mass is 10.2. The highest BCUT2D eigenvalue weighted by atomic mass is 32.1. The molecule has 2 amide bonds. The van der Waals surface area contributed by atoms with E-state index in [1.807, 2.05) is 0 Å². The number of hydrogen-bond acceptors (Lipinski definition) is 2. The van der Waals surface area contributed by atoms with E-state index in [4.69, 9.17) is 5.73 Å². The Morgan fingerprint density at radius 1 is 1.50 bits per heavy atom. The molecule has 1 aromatic carbocycles. The van der Waals surface area contributed by atoms with Gasteiger partial charge in [0, 0.05) is 5.56 Å². The first-order valence-corrected chi connectivity index (χ1v) is 4.09. The summed E-state index contributed by atoms with van der Waals surface area (Å²) in [6.45, 7) is 0. The number of halogens is 2. The number of amides is 2. The van der Waals surface area contributed by atoms with Crippen molar-refractivity contribution in [2.24, 2.45) is 5.73 Å². The van der Waals surface area contributed by atoms with Gasteiger partial charge in [-0.05, 0) is 12.1 Å². The lowest BCUT2D eigenvalue weighted by Gasteiger charge is -2.13. The van der Waals surface area contributed by atoms with Gasteiger partial charge in [-0.1, -0.05) is 24.9 Å². The monoisotopic (exact) mass is 218 g/mol. The molecular weight excluding hydrogens is 210 g/mol. The molecule has 0 aliphatic rings. The lowest BCUT2D eigenvalue weighted by molar-refractivity contribution is 0.151. The smallest absolute Gasteiger partial charge is 0.329 e. The minimum absolute atomic E-state index is 0.178. The third-order valence-electron chi connectivity index (χ3n) is 1.58. The molecule has 1 rings (SSSR count). The van der Waals surface area contributed by atoms with Gasteiger partial charge in [-0.3, -0.25) is 0 Å². The van der Waals surface area contributed by atoms with Gasteiger partial charge in [0.05, 0.1) is 5.69 Å². The van der Waals surface area contributed by atoms with Gasteiger partial charge in [0.25, 0.3) is 6.43 Å². The van der Waals surface area contributed by atoms with Crippen molar-refractivity contribution >= 4 is 24.5 Å². The third-order valence-corrected chi connectivity index (χ3v) is 2.00. The number of anilines is 1. The van der Waals surface area contributed by atoms with Crippen molar-refractivity contribution in [1.82, 2.24) is 0 Å². The van der Waals surface area contributed by atoms with Gasteiger partial charge in [-0.25, -0.2) is 17.9 Å². The van der Waals surface area contributed by atoms with E-state index in [1.54, 1.807) is 0 Å². The number of carbonyl (C=O) groups excluding carboxylic acids is 1. The van der Waals surface area contributed by atoms with Gasteiger partial charge in [-0.2, -0.15) is 0 Å². The molecule has 14 heavy (non-hydrogen) atoms. The molecule has 1 aromatic rings. The maximum atomic E-state index is 12.3. The molecule has 0 spiro atoms. The minimum Gasteiger partial charge on any atom is -0.350 e.